The summed E-state index contributed by atoms with van der Waals surface area (Å²) in [7, 11) is 0. The topological polar surface area (TPSA) is 98.3 Å². The van der Waals surface area contributed by atoms with Gasteiger partial charge >= 0.3 is 0 Å². The van der Waals surface area contributed by atoms with E-state index in [1.54, 1.807) is 0 Å². The maximum Gasteiger partial charge on any atom is 0.269 e. The lowest BCUT2D eigenvalue weighted by Crippen LogP contribution is -2.51. The number of hydrogen-bond donors (Lipinski definition) is 2. The van der Waals surface area contributed by atoms with Gasteiger partial charge in [0.15, 0.2) is 0 Å². The molecule has 0 aliphatic heterocycles. The van der Waals surface area contributed by atoms with Crippen LogP contribution in [0.1, 0.15) is 42.5 Å². The van der Waals surface area contributed by atoms with Crippen molar-refractivity contribution in [1.82, 2.24) is 5.32 Å². The number of rotatable bonds is 4. The molecule has 7 heteroatoms. The van der Waals surface area contributed by atoms with Crippen LogP contribution < -0.4 is 11.1 Å². The Bertz CT molecular complexity index is 499. The molecular formula is C14H20ClN3O3. The molecular weight excluding hydrogens is 294 g/mol. The van der Waals surface area contributed by atoms with Gasteiger partial charge in [-0.2, -0.15) is 0 Å². The number of nitrogens with two attached hydrogens (primary N) is 1. The van der Waals surface area contributed by atoms with Crippen LogP contribution in [-0.4, -0.2) is 22.9 Å². The first-order valence-electron chi connectivity index (χ1n) is 6.82. The van der Waals surface area contributed by atoms with Crippen molar-refractivity contribution < 1.29 is 9.72 Å². The number of carbonyl (C=O) groups is 1. The average Bonchev–Trinajstić information content (AvgIpc) is 2.46. The Balaban J connectivity index is 0.00000220. The summed E-state index contributed by atoms with van der Waals surface area (Å²) in [4.78, 5) is 22.0. The lowest BCUT2D eigenvalue weighted by molar-refractivity contribution is -0.384. The molecule has 0 spiro atoms. The fraction of sp³-hybridized carbons (Fsp3) is 0.500. The summed E-state index contributed by atoms with van der Waals surface area (Å²) in [6, 6.07) is 5.57. The van der Waals surface area contributed by atoms with Crippen LogP contribution in [0.15, 0.2) is 24.3 Å². The Morgan fingerprint density at radius 2 is 1.81 bits per heavy atom. The van der Waals surface area contributed by atoms with Crippen molar-refractivity contribution in [2.45, 2.75) is 37.6 Å². The molecule has 116 valence electrons. The van der Waals surface area contributed by atoms with Crippen molar-refractivity contribution in [2.75, 3.05) is 6.54 Å². The van der Waals surface area contributed by atoms with Gasteiger partial charge in [-0.25, -0.2) is 0 Å². The van der Waals surface area contributed by atoms with Crippen LogP contribution in [0.3, 0.4) is 0 Å². The first-order chi connectivity index (χ1) is 9.50. The highest BCUT2D eigenvalue weighted by atomic mass is 35.5. The van der Waals surface area contributed by atoms with Gasteiger partial charge < -0.3 is 11.1 Å². The Morgan fingerprint density at radius 3 is 2.33 bits per heavy atom. The molecule has 0 bridgehead atoms. The Kier molecular flexibility index (Phi) is 6.11. The fourth-order valence-corrected chi connectivity index (χ4v) is 2.53. The van der Waals surface area contributed by atoms with Gasteiger partial charge in [-0.3, -0.25) is 14.9 Å². The lowest BCUT2D eigenvalue weighted by atomic mass is 9.82. The predicted octanol–water partition coefficient (Wildman–Crippen LogP) is 2.41. The molecule has 1 amide bonds. The summed E-state index contributed by atoms with van der Waals surface area (Å²) < 4.78 is 0. The molecule has 0 saturated heterocycles. The summed E-state index contributed by atoms with van der Waals surface area (Å²) in [6.45, 7) is 0.447. The van der Waals surface area contributed by atoms with Gasteiger partial charge in [0.2, 0.25) is 0 Å². The van der Waals surface area contributed by atoms with Gasteiger partial charge in [0.05, 0.1) is 4.92 Å². The fourth-order valence-electron chi connectivity index (χ4n) is 2.53. The van der Waals surface area contributed by atoms with E-state index in [0.29, 0.717) is 12.1 Å². The highest BCUT2D eigenvalue weighted by Crippen LogP contribution is 2.25. The van der Waals surface area contributed by atoms with Crippen LogP contribution in [0.4, 0.5) is 5.69 Å². The molecule has 3 N–H and O–H groups in total. The predicted molar refractivity (Wildman–Crippen MR) is 82.7 cm³/mol. The summed E-state index contributed by atoms with van der Waals surface area (Å²) in [6.07, 6.45) is 5.25. The molecule has 0 unspecified atom stereocenters. The first-order valence-corrected chi connectivity index (χ1v) is 6.82. The lowest BCUT2D eigenvalue weighted by Gasteiger charge is -2.33. The molecule has 21 heavy (non-hydrogen) atoms. The van der Waals surface area contributed by atoms with Crippen LogP contribution in [0.25, 0.3) is 0 Å². The molecule has 0 heterocycles. The molecule has 2 rings (SSSR count). The van der Waals surface area contributed by atoms with Crippen LogP contribution in [0.2, 0.25) is 0 Å². The zero-order valence-corrected chi connectivity index (χ0v) is 12.5. The highest BCUT2D eigenvalue weighted by molar-refractivity contribution is 5.94. The Hall–Kier alpha value is -1.66. The molecule has 0 aromatic heterocycles. The molecule has 1 aliphatic rings. The van der Waals surface area contributed by atoms with E-state index >= 15 is 0 Å². The van der Waals surface area contributed by atoms with Crippen LogP contribution in [0, 0.1) is 10.1 Å². The van der Waals surface area contributed by atoms with Crippen LogP contribution >= 0.6 is 12.4 Å². The van der Waals surface area contributed by atoms with E-state index in [0.717, 1.165) is 25.7 Å². The molecule has 1 fully saturated rings. The van der Waals surface area contributed by atoms with Gasteiger partial charge in [0, 0.05) is 29.8 Å². The van der Waals surface area contributed by atoms with Gasteiger partial charge in [-0.05, 0) is 25.0 Å². The largest absolute Gasteiger partial charge is 0.350 e. The SMILES string of the molecule is Cl.NC1(CNC(=O)c2ccc([N+](=O)[O-])cc2)CCCCC1. The number of carbonyl (C=O) groups excluding carboxylic acids is 1. The molecule has 0 radical (unpaired) electrons. The number of non-ortho nitro benzene ring substituents is 1. The minimum absolute atomic E-state index is 0. The van der Waals surface area contributed by atoms with E-state index in [4.69, 9.17) is 5.73 Å². The third-order valence-corrected chi connectivity index (χ3v) is 3.79. The molecule has 1 aromatic rings. The van der Waals surface area contributed by atoms with E-state index in [-0.39, 0.29) is 29.5 Å². The zero-order valence-electron chi connectivity index (χ0n) is 11.7. The van der Waals surface area contributed by atoms with Crippen molar-refractivity contribution in [3.8, 4) is 0 Å². The second-order valence-electron chi connectivity index (χ2n) is 5.41. The number of nitro groups is 1. The Labute approximate surface area is 129 Å². The van der Waals surface area contributed by atoms with Gasteiger partial charge in [0.25, 0.3) is 11.6 Å². The highest BCUT2D eigenvalue weighted by Gasteiger charge is 2.27. The molecule has 1 aromatic carbocycles. The standard InChI is InChI=1S/C14H19N3O3.ClH/c15-14(8-2-1-3-9-14)10-16-13(18)11-4-6-12(7-5-11)17(19)20;/h4-7H,1-3,8-10,15H2,(H,16,18);1H. The third kappa shape index (κ3) is 4.68. The van der Waals surface area contributed by atoms with Crippen molar-refractivity contribution in [2.24, 2.45) is 5.73 Å². The van der Waals surface area contributed by atoms with E-state index < -0.39 is 4.92 Å². The number of hydrogen-bond acceptors (Lipinski definition) is 4. The van der Waals surface area contributed by atoms with Crippen LogP contribution in [-0.2, 0) is 0 Å². The van der Waals surface area contributed by atoms with E-state index in [1.165, 1.54) is 30.7 Å². The molecule has 6 nitrogen and oxygen atoms in total. The summed E-state index contributed by atoms with van der Waals surface area (Å²) in [5.41, 5.74) is 6.32. The molecule has 0 atom stereocenters. The number of halogens is 1. The number of amides is 1. The average molecular weight is 314 g/mol. The third-order valence-electron chi connectivity index (χ3n) is 3.79. The summed E-state index contributed by atoms with van der Waals surface area (Å²) in [5, 5.41) is 13.4. The number of nitrogens with zero attached hydrogens (tertiary/aromatic N) is 1. The quantitative estimate of drug-likeness (QED) is 0.658. The summed E-state index contributed by atoms with van der Waals surface area (Å²) >= 11 is 0. The van der Waals surface area contributed by atoms with Crippen molar-refractivity contribution in [3.05, 3.63) is 39.9 Å². The van der Waals surface area contributed by atoms with Crippen molar-refractivity contribution >= 4 is 24.0 Å². The monoisotopic (exact) mass is 313 g/mol. The minimum atomic E-state index is -0.488. The maximum absolute atomic E-state index is 12.0. The molecule has 1 saturated carbocycles. The molecule has 1 aliphatic carbocycles. The van der Waals surface area contributed by atoms with Crippen molar-refractivity contribution in [3.63, 3.8) is 0 Å². The normalized spacial score (nSPS) is 16.6. The maximum atomic E-state index is 12.0. The van der Waals surface area contributed by atoms with E-state index in [9.17, 15) is 14.9 Å². The van der Waals surface area contributed by atoms with E-state index in [2.05, 4.69) is 5.32 Å². The van der Waals surface area contributed by atoms with E-state index in [1.807, 2.05) is 0 Å². The van der Waals surface area contributed by atoms with Gasteiger partial charge in [0.1, 0.15) is 0 Å². The second-order valence-corrected chi connectivity index (χ2v) is 5.41. The number of benzene rings is 1. The zero-order chi connectivity index (χ0) is 14.6. The number of nitro benzene ring substituents is 1. The smallest absolute Gasteiger partial charge is 0.269 e. The minimum Gasteiger partial charge on any atom is -0.350 e. The summed E-state index contributed by atoms with van der Waals surface area (Å²) in [5.74, 6) is -0.240. The van der Waals surface area contributed by atoms with Gasteiger partial charge in [-0.1, -0.05) is 19.3 Å². The number of nitrogens with one attached hydrogen (secondary N) is 1. The first kappa shape index (κ1) is 17.4. The van der Waals surface area contributed by atoms with Crippen LogP contribution in [0.5, 0.6) is 0 Å². The Morgan fingerprint density at radius 1 is 1.24 bits per heavy atom. The van der Waals surface area contributed by atoms with Gasteiger partial charge in [-0.15, -0.1) is 12.4 Å². The second kappa shape index (κ2) is 7.38. The van der Waals surface area contributed by atoms with Crippen molar-refractivity contribution in [1.29, 1.82) is 0 Å².